The minimum absolute atomic E-state index is 0.244. The molecule has 0 amide bonds. The Morgan fingerprint density at radius 1 is 1.30 bits per heavy atom. The number of aliphatic hydroxyl groups excluding tert-OH is 1. The molecule has 2 atom stereocenters. The van der Waals surface area contributed by atoms with Crippen LogP contribution in [0.4, 0.5) is 5.69 Å². The van der Waals surface area contributed by atoms with Crippen molar-refractivity contribution < 1.29 is 5.11 Å². The highest BCUT2D eigenvalue weighted by atomic mass is 16.3. The zero-order valence-electron chi connectivity index (χ0n) is 12.0. The predicted octanol–water partition coefficient (Wildman–Crippen LogP) is 1.74. The normalized spacial score (nSPS) is 22.9. The van der Waals surface area contributed by atoms with Gasteiger partial charge in [-0.1, -0.05) is 18.2 Å². The van der Waals surface area contributed by atoms with Crippen LogP contribution in [0, 0.1) is 0 Å². The molecule has 2 heterocycles. The smallest absolute Gasteiger partial charge is 0.0735 e. The second kappa shape index (κ2) is 5.38. The maximum Gasteiger partial charge on any atom is 0.0735 e. The highest BCUT2D eigenvalue weighted by molar-refractivity contribution is 5.91. The number of hydrogen-bond donors (Lipinski definition) is 1. The number of nitrogens with zero attached hydrogens (tertiary/aromatic N) is 3. The van der Waals surface area contributed by atoms with Crippen LogP contribution in [0.3, 0.4) is 0 Å². The number of para-hydroxylation sites is 1. The lowest BCUT2D eigenvalue weighted by Gasteiger charge is -2.29. The van der Waals surface area contributed by atoms with Gasteiger partial charge in [-0.25, -0.2) is 0 Å². The number of benzene rings is 1. The van der Waals surface area contributed by atoms with Crippen LogP contribution in [0.15, 0.2) is 36.5 Å². The van der Waals surface area contributed by atoms with Crippen molar-refractivity contribution in [3.63, 3.8) is 0 Å². The number of aliphatic hydroxyl groups is 1. The topological polar surface area (TPSA) is 39.6 Å². The van der Waals surface area contributed by atoms with Crippen LogP contribution in [-0.2, 0) is 0 Å². The van der Waals surface area contributed by atoms with Crippen molar-refractivity contribution in [3.05, 3.63) is 36.5 Å². The second-order valence-corrected chi connectivity index (χ2v) is 5.81. The first-order valence-corrected chi connectivity index (χ1v) is 7.08. The molecule has 1 saturated heterocycles. The van der Waals surface area contributed by atoms with Gasteiger partial charge >= 0.3 is 0 Å². The number of hydrogen-bond acceptors (Lipinski definition) is 4. The molecule has 2 unspecified atom stereocenters. The van der Waals surface area contributed by atoms with Crippen molar-refractivity contribution in [2.45, 2.75) is 18.6 Å². The summed E-state index contributed by atoms with van der Waals surface area (Å²) in [7, 11) is 4.15. The van der Waals surface area contributed by atoms with Gasteiger partial charge in [0.2, 0.25) is 0 Å². The molecule has 1 aliphatic rings. The molecule has 1 N–H and O–H groups in total. The summed E-state index contributed by atoms with van der Waals surface area (Å²) in [6.07, 6.45) is 2.44. The molecule has 4 nitrogen and oxygen atoms in total. The van der Waals surface area contributed by atoms with E-state index in [4.69, 9.17) is 0 Å². The molecular formula is C16H21N3O. The van der Waals surface area contributed by atoms with Gasteiger partial charge in [-0.15, -0.1) is 0 Å². The number of β-amino-alcohol motifs (C(OH)–C–C–N with tert-alkyl or cyclic N) is 1. The lowest BCUT2D eigenvalue weighted by molar-refractivity contribution is 0.191. The van der Waals surface area contributed by atoms with Gasteiger partial charge in [-0.2, -0.15) is 0 Å². The third-order valence-electron chi connectivity index (χ3n) is 3.90. The molecule has 1 aromatic heterocycles. The maximum atomic E-state index is 10.0. The third kappa shape index (κ3) is 2.49. The average Bonchev–Trinajstić information content (AvgIpc) is 2.78. The zero-order valence-corrected chi connectivity index (χ0v) is 12.0. The first kappa shape index (κ1) is 13.3. The average molecular weight is 271 g/mol. The van der Waals surface area contributed by atoms with Crippen LogP contribution in [0.1, 0.15) is 6.42 Å². The van der Waals surface area contributed by atoms with Gasteiger partial charge in [0.1, 0.15) is 0 Å². The standard InChI is InChI=1S/C16H21N3O/c1-18(2)10-12-9-13(20)11-19(12)16-7-8-17-15-6-4-3-5-14(15)16/h3-8,12-13,20H,9-11H2,1-2H3. The van der Waals surface area contributed by atoms with E-state index in [1.165, 1.54) is 5.69 Å². The van der Waals surface area contributed by atoms with Gasteiger partial charge in [0, 0.05) is 36.4 Å². The molecule has 1 aliphatic heterocycles. The van der Waals surface area contributed by atoms with Crippen LogP contribution in [0.2, 0.25) is 0 Å². The fraction of sp³-hybridized carbons (Fsp3) is 0.438. The van der Waals surface area contributed by atoms with Crippen molar-refractivity contribution >= 4 is 16.6 Å². The SMILES string of the molecule is CN(C)CC1CC(O)CN1c1ccnc2ccccc12. The Bertz CT molecular complexity index is 594. The highest BCUT2D eigenvalue weighted by Crippen LogP contribution is 2.31. The summed E-state index contributed by atoms with van der Waals surface area (Å²) < 4.78 is 0. The molecule has 0 aliphatic carbocycles. The molecular weight excluding hydrogens is 250 g/mol. The second-order valence-electron chi connectivity index (χ2n) is 5.81. The van der Waals surface area contributed by atoms with E-state index in [9.17, 15) is 5.11 Å². The lowest BCUT2D eigenvalue weighted by Crippen LogP contribution is -2.37. The summed E-state index contributed by atoms with van der Waals surface area (Å²) in [4.78, 5) is 8.93. The maximum absolute atomic E-state index is 10.0. The Kier molecular flexibility index (Phi) is 3.59. The largest absolute Gasteiger partial charge is 0.391 e. The molecule has 0 spiro atoms. The lowest BCUT2D eigenvalue weighted by atomic mass is 10.1. The van der Waals surface area contributed by atoms with Crippen LogP contribution >= 0.6 is 0 Å². The monoisotopic (exact) mass is 271 g/mol. The van der Waals surface area contributed by atoms with Gasteiger partial charge in [-0.05, 0) is 32.6 Å². The van der Waals surface area contributed by atoms with Crippen molar-refractivity contribution in [2.24, 2.45) is 0 Å². The Labute approximate surface area is 119 Å². The van der Waals surface area contributed by atoms with E-state index in [0.717, 1.165) is 23.9 Å². The van der Waals surface area contributed by atoms with Crippen LogP contribution < -0.4 is 4.90 Å². The van der Waals surface area contributed by atoms with Crippen molar-refractivity contribution in [1.29, 1.82) is 0 Å². The molecule has 0 radical (unpaired) electrons. The van der Waals surface area contributed by atoms with E-state index in [1.54, 1.807) is 0 Å². The fourth-order valence-electron chi connectivity index (χ4n) is 3.11. The Hall–Kier alpha value is -1.65. The van der Waals surface area contributed by atoms with Crippen molar-refractivity contribution in [2.75, 3.05) is 32.1 Å². The molecule has 0 bridgehead atoms. The molecule has 20 heavy (non-hydrogen) atoms. The number of anilines is 1. The Morgan fingerprint density at radius 2 is 2.10 bits per heavy atom. The number of rotatable bonds is 3. The Balaban J connectivity index is 2.00. The summed E-state index contributed by atoms with van der Waals surface area (Å²) in [5.41, 5.74) is 2.19. The molecule has 106 valence electrons. The number of likely N-dealkylation sites (N-methyl/N-ethyl adjacent to an activating group) is 1. The number of pyridine rings is 1. The molecule has 1 aromatic carbocycles. The van der Waals surface area contributed by atoms with Crippen LogP contribution in [0.5, 0.6) is 0 Å². The van der Waals surface area contributed by atoms with Gasteiger partial charge in [-0.3, -0.25) is 4.98 Å². The van der Waals surface area contributed by atoms with Gasteiger partial charge in [0.05, 0.1) is 11.6 Å². The number of aromatic nitrogens is 1. The summed E-state index contributed by atoms with van der Waals surface area (Å²) in [5, 5.41) is 11.2. The minimum atomic E-state index is -0.244. The minimum Gasteiger partial charge on any atom is -0.391 e. The summed E-state index contributed by atoms with van der Waals surface area (Å²) in [6.45, 7) is 1.65. The summed E-state index contributed by atoms with van der Waals surface area (Å²) in [5.74, 6) is 0. The van der Waals surface area contributed by atoms with E-state index >= 15 is 0 Å². The molecule has 1 fully saturated rings. The van der Waals surface area contributed by atoms with Gasteiger partial charge < -0.3 is 14.9 Å². The van der Waals surface area contributed by atoms with Gasteiger partial charge in [0.25, 0.3) is 0 Å². The van der Waals surface area contributed by atoms with E-state index < -0.39 is 0 Å². The number of fused-ring (bicyclic) bond motifs is 1. The summed E-state index contributed by atoms with van der Waals surface area (Å²) in [6, 6.07) is 10.6. The van der Waals surface area contributed by atoms with Crippen LogP contribution in [0.25, 0.3) is 10.9 Å². The van der Waals surface area contributed by atoms with Gasteiger partial charge in [0.15, 0.2) is 0 Å². The molecule has 0 saturated carbocycles. The van der Waals surface area contributed by atoms with E-state index in [0.29, 0.717) is 12.6 Å². The van der Waals surface area contributed by atoms with Crippen molar-refractivity contribution in [3.8, 4) is 0 Å². The van der Waals surface area contributed by atoms with E-state index in [1.807, 2.05) is 24.4 Å². The molecule has 3 rings (SSSR count). The van der Waals surface area contributed by atoms with Crippen LogP contribution in [-0.4, -0.2) is 54.3 Å². The Morgan fingerprint density at radius 3 is 2.90 bits per heavy atom. The quantitative estimate of drug-likeness (QED) is 0.923. The first-order chi connectivity index (χ1) is 9.65. The predicted molar refractivity (Wildman–Crippen MR) is 82.1 cm³/mol. The van der Waals surface area contributed by atoms with E-state index in [2.05, 4.69) is 41.0 Å². The highest BCUT2D eigenvalue weighted by Gasteiger charge is 2.32. The fourth-order valence-corrected chi connectivity index (χ4v) is 3.11. The zero-order chi connectivity index (χ0) is 14.1. The van der Waals surface area contributed by atoms with Crippen molar-refractivity contribution in [1.82, 2.24) is 9.88 Å². The van der Waals surface area contributed by atoms with E-state index in [-0.39, 0.29) is 6.10 Å². The third-order valence-corrected chi connectivity index (χ3v) is 3.90. The molecule has 2 aromatic rings. The molecule has 4 heteroatoms. The summed E-state index contributed by atoms with van der Waals surface area (Å²) >= 11 is 0. The first-order valence-electron chi connectivity index (χ1n) is 7.08.